The molecule has 1 aromatic carbocycles. The molecule has 3 N–H and O–H groups in total. The van der Waals surface area contributed by atoms with Crippen LogP contribution >= 0.6 is 0 Å². The molecule has 1 atom stereocenters. The van der Waals surface area contributed by atoms with Crippen LogP contribution < -0.4 is 10.5 Å². The Balaban J connectivity index is 2.42. The lowest BCUT2D eigenvalue weighted by molar-refractivity contribution is 0.416. The Bertz CT molecular complexity index is 478. The van der Waals surface area contributed by atoms with E-state index in [4.69, 9.17) is 10.5 Å². The molecule has 2 rings (SSSR count). The molecule has 1 aromatic heterocycles. The maximum Gasteiger partial charge on any atom is 0.184 e. The number of nitrogens with one attached hydrogen (secondary N) is 1. The van der Waals surface area contributed by atoms with Crippen LogP contribution in [0.5, 0.6) is 5.75 Å². The molecule has 5 nitrogen and oxygen atoms in total. The lowest BCUT2D eigenvalue weighted by Gasteiger charge is -2.03. The van der Waals surface area contributed by atoms with E-state index in [9.17, 15) is 0 Å². The molecule has 0 aliphatic carbocycles. The van der Waals surface area contributed by atoms with Crippen molar-refractivity contribution >= 4 is 0 Å². The molecule has 0 radical (unpaired) electrons. The molecule has 0 aliphatic rings. The van der Waals surface area contributed by atoms with E-state index < -0.39 is 0 Å². The van der Waals surface area contributed by atoms with Crippen molar-refractivity contribution in [2.75, 3.05) is 7.11 Å². The van der Waals surface area contributed by atoms with Gasteiger partial charge in [-0.25, -0.2) is 4.98 Å². The molecule has 0 saturated heterocycles. The van der Waals surface area contributed by atoms with Crippen LogP contribution in [0.15, 0.2) is 24.3 Å². The van der Waals surface area contributed by atoms with Gasteiger partial charge in [-0.2, -0.15) is 5.10 Å². The van der Waals surface area contributed by atoms with Gasteiger partial charge in [0.05, 0.1) is 18.7 Å². The van der Waals surface area contributed by atoms with Gasteiger partial charge in [0, 0.05) is 0 Å². The van der Waals surface area contributed by atoms with Gasteiger partial charge in [0.2, 0.25) is 0 Å². The number of ether oxygens (including phenoxy) is 1. The molecule has 0 fully saturated rings. The second-order valence-electron chi connectivity index (χ2n) is 3.53. The molecule has 1 heterocycles. The Labute approximate surface area is 93.7 Å². The Hall–Kier alpha value is -1.88. The first kappa shape index (κ1) is 10.6. The summed E-state index contributed by atoms with van der Waals surface area (Å²) in [6, 6.07) is 7.45. The van der Waals surface area contributed by atoms with Gasteiger partial charge in [0.15, 0.2) is 5.82 Å². The lowest BCUT2D eigenvalue weighted by Crippen LogP contribution is -2.06. The van der Waals surface area contributed by atoms with E-state index in [2.05, 4.69) is 15.2 Å². The van der Waals surface area contributed by atoms with Crippen LogP contribution in [0.2, 0.25) is 0 Å². The number of hydrogen-bond donors (Lipinski definition) is 2. The molecule has 84 valence electrons. The minimum Gasteiger partial charge on any atom is -0.496 e. The normalized spacial score (nSPS) is 12.4. The number of hydrogen-bond acceptors (Lipinski definition) is 4. The largest absolute Gasteiger partial charge is 0.496 e. The second-order valence-corrected chi connectivity index (χ2v) is 3.53. The topological polar surface area (TPSA) is 76.8 Å². The summed E-state index contributed by atoms with van der Waals surface area (Å²) in [4.78, 5) is 4.32. The van der Waals surface area contributed by atoms with Crippen LogP contribution in [-0.4, -0.2) is 22.3 Å². The van der Waals surface area contributed by atoms with Crippen molar-refractivity contribution in [1.29, 1.82) is 0 Å². The fraction of sp³-hybridized carbons (Fsp3) is 0.273. The highest BCUT2D eigenvalue weighted by molar-refractivity contribution is 5.63. The SMILES string of the molecule is COc1ccccc1-c1n[nH]c([C@@H](C)N)n1. The number of para-hydroxylation sites is 1. The quantitative estimate of drug-likeness (QED) is 0.818. The fourth-order valence-corrected chi connectivity index (χ4v) is 1.43. The van der Waals surface area contributed by atoms with E-state index in [1.807, 2.05) is 31.2 Å². The molecule has 16 heavy (non-hydrogen) atoms. The maximum atomic E-state index is 5.71. The lowest BCUT2D eigenvalue weighted by atomic mass is 10.2. The van der Waals surface area contributed by atoms with Crippen LogP contribution in [0.25, 0.3) is 11.4 Å². The summed E-state index contributed by atoms with van der Waals surface area (Å²) in [5.41, 5.74) is 6.57. The first-order valence-electron chi connectivity index (χ1n) is 5.03. The van der Waals surface area contributed by atoms with Crippen molar-refractivity contribution in [2.45, 2.75) is 13.0 Å². The highest BCUT2D eigenvalue weighted by Gasteiger charge is 2.12. The van der Waals surface area contributed by atoms with Crippen LogP contribution in [0.1, 0.15) is 18.8 Å². The molecule has 0 amide bonds. The first-order valence-corrected chi connectivity index (χ1v) is 5.03. The molecule has 2 aromatic rings. The number of H-pyrrole nitrogens is 1. The number of nitrogens with zero attached hydrogens (tertiary/aromatic N) is 2. The van der Waals surface area contributed by atoms with Gasteiger partial charge in [-0.15, -0.1) is 0 Å². The van der Waals surface area contributed by atoms with E-state index in [-0.39, 0.29) is 6.04 Å². The van der Waals surface area contributed by atoms with Gasteiger partial charge in [-0.1, -0.05) is 12.1 Å². The third-order valence-corrected chi connectivity index (χ3v) is 2.28. The maximum absolute atomic E-state index is 5.71. The fourth-order valence-electron chi connectivity index (χ4n) is 1.43. The van der Waals surface area contributed by atoms with Crippen molar-refractivity contribution in [2.24, 2.45) is 5.73 Å². The summed E-state index contributed by atoms with van der Waals surface area (Å²) in [5, 5.41) is 6.93. The standard InChI is InChI=1S/C11H14N4O/c1-7(12)10-13-11(15-14-10)8-5-3-4-6-9(8)16-2/h3-7H,12H2,1-2H3,(H,13,14,15)/t7-/m1/s1. The zero-order valence-corrected chi connectivity index (χ0v) is 9.27. The average molecular weight is 218 g/mol. The Morgan fingerprint density at radius 2 is 2.12 bits per heavy atom. The van der Waals surface area contributed by atoms with Crippen LogP contribution in [-0.2, 0) is 0 Å². The van der Waals surface area contributed by atoms with Crippen LogP contribution in [0, 0.1) is 0 Å². The first-order chi connectivity index (χ1) is 7.72. The van der Waals surface area contributed by atoms with Crippen molar-refractivity contribution in [3.05, 3.63) is 30.1 Å². The van der Waals surface area contributed by atoms with E-state index in [1.165, 1.54) is 0 Å². The summed E-state index contributed by atoms with van der Waals surface area (Å²) in [7, 11) is 1.62. The number of aromatic amines is 1. The zero-order valence-electron chi connectivity index (χ0n) is 9.27. The Kier molecular flexibility index (Phi) is 2.87. The molecule has 0 unspecified atom stereocenters. The summed E-state index contributed by atoms with van der Waals surface area (Å²) < 4.78 is 5.24. The molecular weight excluding hydrogens is 204 g/mol. The Morgan fingerprint density at radius 3 is 2.75 bits per heavy atom. The molecule has 5 heteroatoms. The summed E-state index contributed by atoms with van der Waals surface area (Å²) >= 11 is 0. The van der Waals surface area contributed by atoms with E-state index in [0.717, 1.165) is 11.3 Å². The highest BCUT2D eigenvalue weighted by atomic mass is 16.5. The van der Waals surface area contributed by atoms with E-state index in [1.54, 1.807) is 7.11 Å². The van der Waals surface area contributed by atoms with E-state index >= 15 is 0 Å². The van der Waals surface area contributed by atoms with Gasteiger partial charge < -0.3 is 10.5 Å². The van der Waals surface area contributed by atoms with Gasteiger partial charge in [0.1, 0.15) is 11.6 Å². The molecular formula is C11H14N4O. The van der Waals surface area contributed by atoms with Gasteiger partial charge >= 0.3 is 0 Å². The van der Waals surface area contributed by atoms with Crippen molar-refractivity contribution in [3.8, 4) is 17.1 Å². The number of benzene rings is 1. The molecule has 0 spiro atoms. The Morgan fingerprint density at radius 1 is 1.38 bits per heavy atom. The van der Waals surface area contributed by atoms with Gasteiger partial charge in [0.25, 0.3) is 0 Å². The molecule has 0 saturated carbocycles. The smallest absolute Gasteiger partial charge is 0.184 e. The average Bonchev–Trinajstić information content (AvgIpc) is 2.78. The zero-order chi connectivity index (χ0) is 11.5. The third kappa shape index (κ3) is 1.90. The summed E-state index contributed by atoms with van der Waals surface area (Å²) in [6.07, 6.45) is 0. The van der Waals surface area contributed by atoms with Crippen molar-refractivity contribution < 1.29 is 4.74 Å². The number of aromatic nitrogens is 3. The third-order valence-electron chi connectivity index (χ3n) is 2.28. The minimum atomic E-state index is -0.157. The predicted octanol–water partition coefficient (Wildman–Crippen LogP) is 1.50. The van der Waals surface area contributed by atoms with Crippen LogP contribution in [0.3, 0.4) is 0 Å². The predicted molar refractivity (Wildman–Crippen MR) is 61.0 cm³/mol. The second kappa shape index (κ2) is 4.32. The molecule has 0 bridgehead atoms. The number of rotatable bonds is 3. The summed E-state index contributed by atoms with van der Waals surface area (Å²) in [5.74, 6) is 2.02. The summed E-state index contributed by atoms with van der Waals surface area (Å²) in [6.45, 7) is 1.85. The van der Waals surface area contributed by atoms with E-state index in [0.29, 0.717) is 11.6 Å². The molecule has 0 aliphatic heterocycles. The number of nitrogens with two attached hydrogens (primary N) is 1. The van der Waals surface area contributed by atoms with Crippen molar-refractivity contribution in [3.63, 3.8) is 0 Å². The van der Waals surface area contributed by atoms with Gasteiger partial charge in [-0.05, 0) is 19.1 Å². The van der Waals surface area contributed by atoms with Crippen molar-refractivity contribution in [1.82, 2.24) is 15.2 Å². The van der Waals surface area contributed by atoms with Gasteiger partial charge in [-0.3, -0.25) is 5.10 Å². The highest BCUT2D eigenvalue weighted by Crippen LogP contribution is 2.26. The number of methoxy groups -OCH3 is 1. The minimum absolute atomic E-state index is 0.157. The monoisotopic (exact) mass is 218 g/mol. The van der Waals surface area contributed by atoms with Crippen LogP contribution in [0.4, 0.5) is 0 Å².